The number of likely N-dealkylation sites (tertiary alicyclic amines) is 1. The predicted molar refractivity (Wildman–Crippen MR) is 106 cm³/mol. The highest BCUT2D eigenvalue weighted by atomic mass is 16.5. The number of hydrogen-bond donors (Lipinski definition) is 2. The van der Waals surface area contributed by atoms with Crippen LogP contribution in [0.5, 0.6) is 11.5 Å². The summed E-state index contributed by atoms with van der Waals surface area (Å²) in [4.78, 5) is 7.25. The van der Waals surface area contributed by atoms with Crippen molar-refractivity contribution in [2.45, 2.75) is 25.8 Å². The highest BCUT2D eigenvalue weighted by Gasteiger charge is 2.23. The third-order valence-corrected chi connectivity index (χ3v) is 4.53. The Morgan fingerprint density at radius 3 is 2.73 bits per heavy atom. The zero-order chi connectivity index (χ0) is 18.8. The molecule has 7 heteroatoms. The molecule has 1 atom stereocenters. The maximum atomic E-state index is 5.37. The third kappa shape index (κ3) is 5.78. The Morgan fingerprint density at radius 1 is 1.23 bits per heavy atom. The second-order valence-corrected chi connectivity index (χ2v) is 6.24. The van der Waals surface area contributed by atoms with Crippen LogP contribution in [0.2, 0.25) is 0 Å². The lowest BCUT2D eigenvalue weighted by Gasteiger charge is -2.23. The average molecular weight is 364 g/mol. The van der Waals surface area contributed by atoms with Crippen molar-refractivity contribution in [1.82, 2.24) is 10.2 Å². The molecule has 1 aromatic rings. The number of nitrogens with one attached hydrogen (secondary N) is 2. The van der Waals surface area contributed by atoms with E-state index in [0.29, 0.717) is 17.5 Å². The van der Waals surface area contributed by atoms with Crippen molar-refractivity contribution < 1.29 is 14.2 Å². The molecule has 0 aromatic heterocycles. The number of anilines is 1. The first-order chi connectivity index (χ1) is 12.7. The Balaban J connectivity index is 2.02. The summed E-state index contributed by atoms with van der Waals surface area (Å²) in [6.45, 7) is 6.50. The quantitative estimate of drug-likeness (QED) is 0.517. The molecule has 1 aliphatic rings. The maximum absolute atomic E-state index is 5.37. The number of rotatable bonds is 9. The van der Waals surface area contributed by atoms with Crippen LogP contribution in [0, 0.1) is 0 Å². The van der Waals surface area contributed by atoms with Crippen LogP contribution >= 0.6 is 0 Å². The molecule has 1 aromatic carbocycles. The smallest absolute Gasteiger partial charge is 0.195 e. The topological polar surface area (TPSA) is 67.4 Å². The summed E-state index contributed by atoms with van der Waals surface area (Å²) in [7, 11) is 5.02. The van der Waals surface area contributed by atoms with E-state index in [9.17, 15) is 0 Å². The van der Waals surface area contributed by atoms with Gasteiger partial charge in [-0.2, -0.15) is 0 Å². The molecule has 7 nitrogen and oxygen atoms in total. The summed E-state index contributed by atoms with van der Waals surface area (Å²) in [5, 5.41) is 6.65. The first-order valence-electron chi connectivity index (χ1n) is 9.22. The summed E-state index contributed by atoms with van der Waals surface area (Å²) in [6, 6.07) is 6.22. The molecule has 2 rings (SSSR count). The molecule has 146 valence electrons. The van der Waals surface area contributed by atoms with Gasteiger partial charge in [0.15, 0.2) is 17.5 Å². The van der Waals surface area contributed by atoms with Crippen LogP contribution in [0.3, 0.4) is 0 Å². The monoisotopic (exact) mass is 364 g/mol. The summed E-state index contributed by atoms with van der Waals surface area (Å²) in [5.74, 6) is 2.17. The van der Waals surface area contributed by atoms with E-state index >= 15 is 0 Å². The number of guanidine groups is 1. The Kier molecular flexibility index (Phi) is 8.50. The number of methoxy groups -OCH3 is 3. The first kappa shape index (κ1) is 20.3. The summed E-state index contributed by atoms with van der Waals surface area (Å²) < 4.78 is 15.9. The summed E-state index contributed by atoms with van der Waals surface area (Å²) in [5.41, 5.74) is 0.907. The lowest BCUT2D eigenvalue weighted by molar-refractivity contribution is 0.143. The first-order valence-corrected chi connectivity index (χ1v) is 9.22. The van der Waals surface area contributed by atoms with Gasteiger partial charge in [-0.1, -0.05) is 0 Å². The van der Waals surface area contributed by atoms with Gasteiger partial charge in [-0.05, 0) is 38.4 Å². The number of aliphatic imine (C=N–C) groups is 1. The van der Waals surface area contributed by atoms with E-state index in [-0.39, 0.29) is 0 Å². The normalized spacial score (nSPS) is 18.0. The fourth-order valence-electron chi connectivity index (χ4n) is 3.16. The fraction of sp³-hybridized carbons (Fsp3) is 0.632. The lowest BCUT2D eigenvalue weighted by atomic mass is 10.2. The van der Waals surface area contributed by atoms with Crippen LogP contribution in [0.15, 0.2) is 23.2 Å². The van der Waals surface area contributed by atoms with Gasteiger partial charge >= 0.3 is 0 Å². The second-order valence-electron chi connectivity index (χ2n) is 6.24. The molecule has 2 N–H and O–H groups in total. The summed E-state index contributed by atoms with van der Waals surface area (Å²) >= 11 is 0. The molecule has 0 saturated carbocycles. The molecule has 0 bridgehead atoms. The van der Waals surface area contributed by atoms with Crippen LogP contribution in [-0.2, 0) is 4.74 Å². The van der Waals surface area contributed by atoms with Gasteiger partial charge in [0.05, 0.1) is 27.4 Å². The van der Waals surface area contributed by atoms with Gasteiger partial charge in [0.2, 0.25) is 0 Å². The van der Waals surface area contributed by atoms with Crippen molar-refractivity contribution in [2.75, 3.05) is 59.4 Å². The van der Waals surface area contributed by atoms with E-state index in [1.54, 1.807) is 21.3 Å². The minimum atomic E-state index is 0.478. The molecule has 0 amide bonds. The van der Waals surface area contributed by atoms with Crippen LogP contribution in [0.1, 0.15) is 19.8 Å². The van der Waals surface area contributed by atoms with Crippen LogP contribution in [-0.4, -0.2) is 71.0 Å². The molecule has 1 heterocycles. The van der Waals surface area contributed by atoms with Gasteiger partial charge in [-0.3, -0.25) is 9.89 Å². The molecule has 1 unspecified atom stereocenters. The van der Waals surface area contributed by atoms with Gasteiger partial charge in [0, 0.05) is 38.0 Å². The van der Waals surface area contributed by atoms with E-state index in [2.05, 4.69) is 22.5 Å². The van der Waals surface area contributed by atoms with E-state index in [0.717, 1.165) is 44.4 Å². The molecule has 1 saturated heterocycles. The second kappa shape index (κ2) is 10.9. The van der Waals surface area contributed by atoms with Crippen molar-refractivity contribution in [3.8, 4) is 11.5 Å². The minimum Gasteiger partial charge on any atom is -0.493 e. The molecule has 1 fully saturated rings. The lowest BCUT2D eigenvalue weighted by Crippen LogP contribution is -2.36. The number of nitrogens with zero attached hydrogens (tertiary/aromatic N) is 2. The van der Waals surface area contributed by atoms with Crippen LogP contribution in [0.4, 0.5) is 5.69 Å². The number of benzene rings is 1. The van der Waals surface area contributed by atoms with Gasteiger partial charge < -0.3 is 24.8 Å². The van der Waals surface area contributed by atoms with E-state index in [4.69, 9.17) is 19.2 Å². The Hall–Kier alpha value is -1.99. The Morgan fingerprint density at radius 2 is 2.04 bits per heavy atom. The average Bonchev–Trinajstić information content (AvgIpc) is 3.11. The molecule has 1 aliphatic heterocycles. The number of ether oxygens (including phenoxy) is 3. The van der Waals surface area contributed by atoms with Crippen molar-refractivity contribution in [3.63, 3.8) is 0 Å². The fourth-order valence-corrected chi connectivity index (χ4v) is 3.16. The third-order valence-electron chi connectivity index (χ3n) is 4.53. The summed E-state index contributed by atoms with van der Waals surface area (Å²) in [6.07, 6.45) is 2.41. The van der Waals surface area contributed by atoms with Gasteiger partial charge in [-0.25, -0.2) is 0 Å². The highest BCUT2D eigenvalue weighted by Crippen LogP contribution is 2.29. The Labute approximate surface area is 156 Å². The van der Waals surface area contributed by atoms with E-state index in [1.165, 1.54) is 12.8 Å². The van der Waals surface area contributed by atoms with Gasteiger partial charge in [0.1, 0.15) is 0 Å². The maximum Gasteiger partial charge on any atom is 0.195 e. The Bertz CT molecular complexity index is 580. The van der Waals surface area contributed by atoms with E-state index in [1.807, 2.05) is 18.2 Å². The molecule has 0 aliphatic carbocycles. The van der Waals surface area contributed by atoms with Gasteiger partial charge in [-0.15, -0.1) is 0 Å². The predicted octanol–water partition coefficient (Wildman–Crippen LogP) is 2.19. The SMILES string of the molecule is CCNC(=NCC1CCCN1CCOC)Nc1ccc(OC)c(OC)c1. The van der Waals surface area contributed by atoms with Crippen LogP contribution < -0.4 is 20.1 Å². The van der Waals surface area contributed by atoms with Gasteiger partial charge in [0.25, 0.3) is 0 Å². The van der Waals surface area contributed by atoms with Crippen molar-refractivity contribution in [2.24, 2.45) is 4.99 Å². The zero-order valence-electron chi connectivity index (χ0n) is 16.4. The van der Waals surface area contributed by atoms with Crippen molar-refractivity contribution >= 4 is 11.6 Å². The zero-order valence-corrected chi connectivity index (χ0v) is 16.4. The van der Waals surface area contributed by atoms with E-state index < -0.39 is 0 Å². The molecular weight excluding hydrogens is 332 g/mol. The molecular formula is C19H32N4O3. The highest BCUT2D eigenvalue weighted by molar-refractivity contribution is 5.93. The largest absolute Gasteiger partial charge is 0.493 e. The number of hydrogen-bond acceptors (Lipinski definition) is 5. The van der Waals surface area contributed by atoms with Crippen molar-refractivity contribution in [1.29, 1.82) is 0 Å². The van der Waals surface area contributed by atoms with Crippen molar-refractivity contribution in [3.05, 3.63) is 18.2 Å². The molecule has 0 radical (unpaired) electrons. The molecule has 0 spiro atoms. The minimum absolute atomic E-state index is 0.478. The molecule has 26 heavy (non-hydrogen) atoms. The van der Waals surface area contributed by atoms with Crippen LogP contribution in [0.25, 0.3) is 0 Å². The standard InChI is InChI=1S/C19H32N4O3/c1-5-20-19(21-14-16-7-6-10-23(16)11-12-24-2)22-15-8-9-17(25-3)18(13-15)26-4/h8-9,13,16H,5-7,10-12,14H2,1-4H3,(H2,20,21,22).